The van der Waals surface area contributed by atoms with Crippen LogP contribution in [-0.4, -0.2) is 167 Å². The number of rotatable bonds is 18. The maximum Gasteiger partial charge on any atom is 0.347 e. The molecule has 8 aliphatic rings. The number of hydrogen-bond acceptors (Lipinski definition) is 32. The Hall–Kier alpha value is -22.3. The smallest absolute Gasteiger partial charge is 0.347 e. The Morgan fingerprint density at radius 1 is 0.181 bits per heavy atom. The summed E-state index contributed by atoms with van der Waals surface area (Å²) in [5.41, 5.74) is 14.9. The molecule has 149 heavy (non-hydrogen) atoms. The predicted octanol–water partition coefficient (Wildman–Crippen LogP) is 14.5. The van der Waals surface area contributed by atoms with Crippen LogP contribution in [-0.2, 0) is 18.9 Å². The summed E-state index contributed by atoms with van der Waals surface area (Å²) in [5, 5.41) is 53.3. The summed E-state index contributed by atoms with van der Waals surface area (Å²) in [5.74, 6) is -16.2. The number of ether oxygens (including phenoxy) is 7. The van der Waals surface area contributed by atoms with Crippen LogP contribution < -0.4 is 45.3 Å². The monoisotopic (exact) mass is 2000 g/mol. The lowest BCUT2D eigenvalue weighted by atomic mass is 9.96. The van der Waals surface area contributed by atoms with Crippen molar-refractivity contribution >= 4 is 171 Å². The van der Waals surface area contributed by atoms with Crippen LogP contribution in [0.15, 0.2) is 291 Å². The highest BCUT2D eigenvalue weighted by atomic mass is 16.6. The molecule has 8 amide bonds. The summed E-state index contributed by atoms with van der Waals surface area (Å²) in [6.07, 6.45) is 0. The predicted molar refractivity (Wildman–Crippen MR) is 508 cm³/mol. The van der Waals surface area contributed by atoms with E-state index in [9.17, 15) is 110 Å². The van der Waals surface area contributed by atoms with Crippen LogP contribution in [0, 0.1) is 0 Å². The minimum Gasteiger partial charge on any atom is -0.478 e. The first kappa shape index (κ1) is 98.3. The molecule has 0 aromatic heterocycles. The molecule has 42 nitrogen and oxygen atoms in total. The zero-order valence-corrected chi connectivity index (χ0v) is 75.1. The van der Waals surface area contributed by atoms with Crippen molar-refractivity contribution in [1.82, 2.24) is 0 Å². The Balaban J connectivity index is 0.000000130. The zero-order valence-electron chi connectivity index (χ0n) is 75.1. The zero-order chi connectivity index (χ0) is 106. The Morgan fingerprint density at radius 2 is 0.336 bits per heavy atom. The molecule has 8 heterocycles. The summed E-state index contributed by atoms with van der Waals surface area (Å²) in [6.45, 7) is 0. The normalized spacial score (nSPS) is 13.6. The van der Waals surface area contributed by atoms with Gasteiger partial charge in [0.05, 0.1) is 145 Å². The molecule has 14 aromatic rings. The second-order valence-corrected chi connectivity index (χ2v) is 32.2. The van der Waals surface area contributed by atoms with Crippen molar-refractivity contribution in [2.45, 2.75) is 0 Å². The van der Waals surface area contributed by atoms with Crippen LogP contribution in [0.25, 0.3) is 0 Å². The standard InChI is InChI=1S/C31H16N2O9.C30H16N2O9.2C16H6O7.2C7H7NO2/c34-25(17-5-11-21-23(13-17)28(37)32(26(21)35)19-7-1-15(2-8-19)30(39)40)18-6-12-22-24(14-18)29(38)33(27(22)36)20-9-3-16(4-10-20)31(41)42;33-25-21-11-9-19(13-23(21)27(35)31(25)17-5-1-15(2-6-17)29(37)38)41-20-10-12-22-24(14-20)28(36)32(26(22)34)18-7-3-16(4-8-18)30(39)40;2*17-13-9-3-1-7(5-11(9)15(19)22-13)21-8-2-4-10-12(6-8)16(20)23-14(10)18;2*8-6-3-1-5(2-4-6)7(9)10/h1-14H,(H,39,40)(H,41,42);1-14H,(H,37,38)(H,39,40);2*1-6H;2*1-4H,8H2,(H,9,10). The van der Waals surface area contributed by atoms with Crippen molar-refractivity contribution in [3.05, 3.63) is 425 Å². The molecule has 0 saturated carbocycles. The second-order valence-electron chi connectivity index (χ2n) is 32.2. The highest BCUT2D eigenvalue weighted by molar-refractivity contribution is 6.38. The number of carbonyl (C=O) groups is 23. The molecule has 0 radical (unpaired) electrons. The van der Waals surface area contributed by atoms with Crippen LogP contribution in [0.3, 0.4) is 0 Å². The van der Waals surface area contributed by atoms with Gasteiger partial charge in [0.1, 0.15) is 34.5 Å². The lowest BCUT2D eigenvalue weighted by molar-refractivity contribution is 0.0425. The molecule has 8 aliphatic heterocycles. The third-order valence-corrected chi connectivity index (χ3v) is 23.0. The van der Waals surface area contributed by atoms with Gasteiger partial charge in [-0.25, -0.2) is 86.7 Å². The molecule has 0 spiro atoms. The molecular weight excluding hydrogens is 1950 g/mol. The van der Waals surface area contributed by atoms with E-state index in [0.29, 0.717) is 11.4 Å². The number of nitrogens with two attached hydrogens (primary N) is 2. The van der Waals surface area contributed by atoms with E-state index in [-0.39, 0.29) is 191 Å². The first-order chi connectivity index (χ1) is 71.1. The van der Waals surface area contributed by atoms with E-state index in [0.717, 1.165) is 19.6 Å². The highest BCUT2D eigenvalue weighted by Crippen LogP contribution is 2.41. The molecule has 22 rings (SSSR count). The number of nitrogens with zero attached hydrogens (tertiary/aromatic N) is 4. The fourth-order valence-electron chi connectivity index (χ4n) is 15.6. The van der Waals surface area contributed by atoms with Crippen LogP contribution in [0.1, 0.15) is 244 Å². The van der Waals surface area contributed by atoms with Crippen molar-refractivity contribution in [2.75, 3.05) is 31.1 Å². The Morgan fingerprint density at radius 3 is 0.537 bits per heavy atom. The Kier molecular flexibility index (Phi) is 26.2. The van der Waals surface area contributed by atoms with Crippen molar-refractivity contribution in [1.29, 1.82) is 0 Å². The molecule has 0 atom stereocenters. The number of carboxylic acid groups (broad SMARTS) is 6. The number of amides is 8. The molecule has 0 aliphatic carbocycles. The second kappa shape index (κ2) is 39.8. The topological polar surface area (TPSA) is 644 Å². The van der Waals surface area contributed by atoms with Crippen molar-refractivity contribution in [3.8, 4) is 34.5 Å². The number of imide groups is 4. The number of benzene rings is 14. The minimum absolute atomic E-state index is 0.00906. The van der Waals surface area contributed by atoms with Crippen LogP contribution in [0.5, 0.6) is 34.5 Å². The van der Waals surface area contributed by atoms with Crippen molar-refractivity contribution in [2.24, 2.45) is 0 Å². The third kappa shape index (κ3) is 19.5. The highest BCUT2D eigenvalue weighted by Gasteiger charge is 2.44. The lowest BCUT2D eigenvalue weighted by Gasteiger charge is -2.13. The molecule has 0 saturated heterocycles. The van der Waals surface area contributed by atoms with Gasteiger partial charge in [-0.1, -0.05) is 12.1 Å². The Labute approximate surface area is 831 Å². The number of cyclic esters (lactones) is 8. The number of carboxylic acids is 6. The quantitative estimate of drug-likeness (QED) is 0.00987. The number of hydrogen-bond donors (Lipinski definition) is 8. The SMILES string of the molecule is Nc1ccc(C(=O)O)cc1.Nc1ccc(C(=O)O)cc1.O=C(O)c1ccc(N2C(=O)c3ccc(C(=O)c4ccc5c(c4)C(=O)N(c4ccc(C(=O)O)cc4)C5=O)cc3C2=O)cc1.O=C(O)c1ccc(N2C(=O)c3ccc(Oc4ccc5c(c4)C(=O)N(c4ccc(C(=O)O)cc4)C5=O)cc3C2=O)cc1.O=C1OC(=O)c2cc(Oc3ccc4c(c3)C(=O)OC4=O)ccc21.O=C1OC(=O)c2cc(Oc3ccc4c(c3)C(=O)OC4=O)ccc21. The van der Waals surface area contributed by atoms with Gasteiger partial charge in [0.25, 0.3) is 47.3 Å². The molecule has 14 aromatic carbocycles. The third-order valence-electron chi connectivity index (χ3n) is 23.0. The number of aromatic carboxylic acids is 6. The number of carbonyl (C=O) groups excluding carboxylic acids is 17. The van der Waals surface area contributed by atoms with Gasteiger partial charge in [-0.05, 0) is 279 Å². The fourth-order valence-corrected chi connectivity index (χ4v) is 15.6. The number of nitrogen functional groups attached to an aromatic ring is 2. The summed E-state index contributed by atoms with van der Waals surface area (Å²) in [4.78, 5) is 278. The summed E-state index contributed by atoms with van der Waals surface area (Å²) >= 11 is 0. The maximum atomic E-state index is 13.4. The largest absolute Gasteiger partial charge is 0.478 e. The number of anilines is 6. The maximum absolute atomic E-state index is 13.4. The van der Waals surface area contributed by atoms with Gasteiger partial charge in [0.2, 0.25) is 0 Å². The van der Waals surface area contributed by atoms with E-state index in [1.54, 1.807) is 24.3 Å². The molecule has 42 heteroatoms. The fraction of sp³-hybridized carbons (Fsp3) is 0. The van der Waals surface area contributed by atoms with E-state index in [2.05, 4.69) is 18.9 Å². The average molecular weight is 2000 g/mol. The first-order valence-corrected chi connectivity index (χ1v) is 43.0. The van der Waals surface area contributed by atoms with E-state index in [4.69, 9.17) is 56.3 Å². The summed E-state index contributed by atoms with van der Waals surface area (Å²) < 4.78 is 34.9. The molecule has 0 bridgehead atoms. The van der Waals surface area contributed by atoms with E-state index >= 15 is 0 Å². The van der Waals surface area contributed by atoms with Crippen molar-refractivity contribution in [3.63, 3.8) is 0 Å². The van der Waals surface area contributed by atoms with Crippen molar-refractivity contribution < 1.29 is 174 Å². The first-order valence-electron chi connectivity index (χ1n) is 43.0. The van der Waals surface area contributed by atoms with E-state index in [1.165, 1.54) is 267 Å². The molecule has 10 N–H and O–H groups in total. The lowest BCUT2D eigenvalue weighted by Crippen LogP contribution is -2.29. The van der Waals surface area contributed by atoms with Gasteiger partial charge in [-0.2, -0.15) is 0 Å². The van der Waals surface area contributed by atoms with Crippen LogP contribution in [0.4, 0.5) is 34.1 Å². The molecular formula is C107H58N6O36. The number of fused-ring (bicyclic) bond motifs is 8. The van der Waals surface area contributed by atoms with Gasteiger partial charge < -0.3 is 75.3 Å². The summed E-state index contributed by atoms with van der Waals surface area (Å²) in [7, 11) is 0. The molecule has 0 unspecified atom stereocenters. The van der Waals surface area contributed by atoms with Crippen LogP contribution >= 0.6 is 0 Å². The van der Waals surface area contributed by atoms with Gasteiger partial charge in [0, 0.05) is 22.5 Å². The molecule has 732 valence electrons. The van der Waals surface area contributed by atoms with Gasteiger partial charge >= 0.3 is 83.6 Å². The van der Waals surface area contributed by atoms with Gasteiger partial charge in [-0.3, -0.25) is 43.2 Å². The van der Waals surface area contributed by atoms with Gasteiger partial charge in [-0.15, -0.1) is 0 Å². The van der Waals surface area contributed by atoms with E-state index < -0.39 is 137 Å². The van der Waals surface area contributed by atoms with Gasteiger partial charge in [0.15, 0.2) is 5.78 Å². The average Bonchev–Trinajstić information content (AvgIpc) is 1.60. The minimum atomic E-state index is -1.16. The van der Waals surface area contributed by atoms with E-state index in [1.807, 2.05) is 0 Å². The number of ketones is 1. The molecule has 0 fully saturated rings. The van der Waals surface area contributed by atoms with Crippen LogP contribution in [0.2, 0.25) is 0 Å². The summed E-state index contributed by atoms with van der Waals surface area (Å²) in [6, 6.07) is 66.9. The Bertz CT molecular complexity index is 7750. The number of esters is 8.